The highest BCUT2D eigenvalue weighted by Crippen LogP contribution is 2.24. The number of hydrogen-bond acceptors (Lipinski definition) is 2. The predicted octanol–water partition coefficient (Wildman–Crippen LogP) is 2.78. The first-order valence-electron chi connectivity index (χ1n) is 6.30. The van der Waals surface area contributed by atoms with Crippen LogP contribution in [0.15, 0.2) is 0 Å². The molecule has 0 aliphatic rings. The molecule has 0 aliphatic carbocycles. The van der Waals surface area contributed by atoms with E-state index < -0.39 is 0 Å². The Morgan fingerprint density at radius 1 is 1.13 bits per heavy atom. The lowest BCUT2D eigenvalue weighted by Gasteiger charge is -2.27. The summed E-state index contributed by atoms with van der Waals surface area (Å²) in [6.45, 7) is 13.6. The molecule has 0 saturated heterocycles. The maximum absolute atomic E-state index is 5.69. The summed E-state index contributed by atoms with van der Waals surface area (Å²) in [7, 11) is 0. The molecule has 0 amide bonds. The highest BCUT2D eigenvalue weighted by atomic mass is 14.9. The molecule has 0 aromatic heterocycles. The van der Waals surface area contributed by atoms with Gasteiger partial charge in [-0.05, 0) is 44.2 Å². The van der Waals surface area contributed by atoms with E-state index in [1.165, 1.54) is 12.8 Å². The van der Waals surface area contributed by atoms with Gasteiger partial charge >= 0.3 is 0 Å². The van der Waals surface area contributed by atoms with Crippen LogP contribution < -0.4 is 11.1 Å². The molecule has 2 unspecified atom stereocenters. The van der Waals surface area contributed by atoms with E-state index in [4.69, 9.17) is 5.73 Å². The average Bonchev–Trinajstić information content (AvgIpc) is 2.08. The Balaban J connectivity index is 3.32. The first-order chi connectivity index (χ1) is 6.84. The largest absolute Gasteiger partial charge is 0.328 e. The minimum Gasteiger partial charge on any atom is -0.328 e. The quantitative estimate of drug-likeness (QED) is 0.640. The van der Waals surface area contributed by atoms with Crippen molar-refractivity contribution >= 4 is 0 Å². The van der Waals surface area contributed by atoms with Gasteiger partial charge in [0.05, 0.1) is 0 Å². The summed E-state index contributed by atoms with van der Waals surface area (Å²) in [4.78, 5) is 0. The first-order valence-corrected chi connectivity index (χ1v) is 6.30. The average molecular weight is 214 g/mol. The summed E-state index contributed by atoms with van der Waals surface area (Å²) in [6, 6.07) is 0.360. The van der Waals surface area contributed by atoms with Crippen LogP contribution >= 0.6 is 0 Å². The third-order valence-corrected chi connectivity index (χ3v) is 3.19. The van der Waals surface area contributed by atoms with E-state index in [-0.39, 0.29) is 0 Å². The van der Waals surface area contributed by atoms with Crippen molar-refractivity contribution < 1.29 is 0 Å². The van der Waals surface area contributed by atoms with Gasteiger partial charge in [0.2, 0.25) is 0 Å². The molecule has 15 heavy (non-hydrogen) atoms. The molecule has 0 heterocycles. The molecule has 92 valence electrons. The molecular weight excluding hydrogens is 184 g/mol. The van der Waals surface area contributed by atoms with Crippen LogP contribution in [0.2, 0.25) is 0 Å². The van der Waals surface area contributed by atoms with Gasteiger partial charge in [0.25, 0.3) is 0 Å². The van der Waals surface area contributed by atoms with E-state index in [0.29, 0.717) is 11.5 Å². The molecule has 0 spiro atoms. The molecule has 0 fully saturated rings. The van der Waals surface area contributed by atoms with Crippen molar-refractivity contribution in [3.05, 3.63) is 0 Å². The fraction of sp³-hybridized carbons (Fsp3) is 1.00. The minimum absolute atomic E-state index is 0.360. The second-order valence-corrected chi connectivity index (χ2v) is 5.94. The van der Waals surface area contributed by atoms with Gasteiger partial charge in [-0.2, -0.15) is 0 Å². The summed E-state index contributed by atoms with van der Waals surface area (Å²) in [5.74, 6) is 0.728. The Labute approximate surface area is 96.0 Å². The van der Waals surface area contributed by atoms with Crippen molar-refractivity contribution in [1.82, 2.24) is 5.32 Å². The lowest BCUT2D eigenvalue weighted by molar-refractivity contribution is 0.253. The summed E-state index contributed by atoms with van der Waals surface area (Å²) < 4.78 is 0. The molecule has 0 aromatic rings. The van der Waals surface area contributed by atoms with Gasteiger partial charge in [0.1, 0.15) is 0 Å². The second kappa shape index (κ2) is 7.24. The zero-order valence-electron chi connectivity index (χ0n) is 11.3. The van der Waals surface area contributed by atoms with Gasteiger partial charge in [-0.25, -0.2) is 0 Å². The molecule has 0 radical (unpaired) electrons. The molecule has 0 bridgehead atoms. The van der Waals surface area contributed by atoms with Crippen LogP contribution in [0.25, 0.3) is 0 Å². The standard InChI is InChI=1S/C13H30N2/c1-11(13(3,4)5)10-15-9-7-6-8-12(2)14/h11-12,15H,6-10,14H2,1-5H3. The maximum Gasteiger partial charge on any atom is 0.00104 e. The summed E-state index contributed by atoms with van der Waals surface area (Å²) in [5, 5.41) is 3.52. The Morgan fingerprint density at radius 2 is 1.73 bits per heavy atom. The smallest absolute Gasteiger partial charge is 0.00104 e. The van der Waals surface area contributed by atoms with Crippen molar-refractivity contribution in [2.24, 2.45) is 17.1 Å². The van der Waals surface area contributed by atoms with Crippen LogP contribution in [0.5, 0.6) is 0 Å². The van der Waals surface area contributed by atoms with Gasteiger partial charge in [0, 0.05) is 6.04 Å². The summed E-state index contributed by atoms with van der Waals surface area (Å²) >= 11 is 0. The lowest BCUT2D eigenvalue weighted by atomic mass is 9.82. The zero-order chi connectivity index (χ0) is 11.9. The van der Waals surface area contributed by atoms with Crippen LogP contribution in [0.3, 0.4) is 0 Å². The molecule has 2 atom stereocenters. The van der Waals surface area contributed by atoms with Gasteiger partial charge < -0.3 is 11.1 Å². The van der Waals surface area contributed by atoms with Gasteiger partial charge in [-0.1, -0.05) is 34.1 Å². The van der Waals surface area contributed by atoms with Crippen LogP contribution in [0, 0.1) is 11.3 Å². The van der Waals surface area contributed by atoms with E-state index in [9.17, 15) is 0 Å². The monoisotopic (exact) mass is 214 g/mol. The number of unbranched alkanes of at least 4 members (excludes halogenated alkanes) is 1. The summed E-state index contributed by atoms with van der Waals surface area (Å²) in [5.41, 5.74) is 6.11. The Kier molecular flexibility index (Phi) is 7.20. The van der Waals surface area contributed by atoms with E-state index in [1.807, 2.05) is 0 Å². The first kappa shape index (κ1) is 14.9. The number of rotatable bonds is 7. The fourth-order valence-electron chi connectivity index (χ4n) is 1.34. The predicted molar refractivity (Wildman–Crippen MR) is 69.0 cm³/mol. The van der Waals surface area contributed by atoms with Crippen LogP contribution in [0.1, 0.15) is 53.9 Å². The number of nitrogens with one attached hydrogen (secondary N) is 1. The Morgan fingerprint density at radius 3 is 2.20 bits per heavy atom. The topological polar surface area (TPSA) is 38.0 Å². The molecule has 0 aliphatic heterocycles. The van der Waals surface area contributed by atoms with E-state index in [1.54, 1.807) is 0 Å². The van der Waals surface area contributed by atoms with Crippen molar-refractivity contribution in [3.8, 4) is 0 Å². The Bertz CT molecular complexity index is 147. The fourth-order valence-corrected chi connectivity index (χ4v) is 1.34. The zero-order valence-corrected chi connectivity index (χ0v) is 11.3. The van der Waals surface area contributed by atoms with Gasteiger partial charge in [-0.15, -0.1) is 0 Å². The van der Waals surface area contributed by atoms with Gasteiger partial charge in [0.15, 0.2) is 0 Å². The molecular formula is C13H30N2. The van der Waals surface area contributed by atoms with Gasteiger partial charge in [-0.3, -0.25) is 0 Å². The van der Waals surface area contributed by atoms with Crippen molar-refractivity contribution in [1.29, 1.82) is 0 Å². The van der Waals surface area contributed by atoms with E-state index in [0.717, 1.165) is 25.4 Å². The molecule has 0 saturated carbocycles. The van der Waals surface area contributed by atoms with Crippen LogP contribution in [-0.2, 0) is 0 Å². The van der Waals surface area contributed by atoms with Crippen molar-refractivity contribution in [2.75, 3.05) is 13.1 Å². The summed E-state index contributed by atoms with van der Waals surface area (Å²) in [6.07, 6.45) is 3.64. The number of nitrogens with two attached hydrogens (primary N) is 1. The van der Waals surface area contributed by atoms with E-state index in [2.05, 4.69) is 39.9 Å². The molecule has 2 nitrogen and oxygen atoms in total. The SMILES string of the molecule is CC(N)CCCCNCC(C)C(C)(C)C. The lowest BCUT2D eigenvalue weighted by Crippen LogP contribution is -2.30. The molecule has 0 rings (SSSR count). The molecule has 3 N–H and O–H groups in total. The molecule has 0 aromatic carbocycles. The van der Waals surface area contributed by atoms with Crippen molar-refractivity contribution in [3.63, 3.8) is 0 Å². The minimum atomic E-state index is 0.360. The third-order valence-electron chi connectivity index (χ3n) is 3.19. The van der Waals surface area contributed by atoms with Crippen LogP contribution in [-0.4, -0.2) is 19.1 Å². The Hall–Kier alpha value is -0.0800. The van der Waals surface area contributed by atoms with E-state index >= 15 is 0 Å². The van der Waals surface area contributed by atoms with Crippen LogP contribution in [0.4, 0.5) is 0 Å². The maximum atomic E-state index is 5.69. The van der Waals surface area contributed by atoms with Crippen molar-refractivity contribution in [2.45, 2.75) is 59.9 Å². The normalized spacial score (nSPS) is 16.4. The highest BCUT2D eigenvalue weighted by molar-refractivity contribution is 4.71. The highest BCUT2D eigenvalue weighted by Gasteiger charge is 2.18. The third kappa shape index (κ3) is 8.88. The molecule has 2 heteroatoms. The number of hydrogen-bond donors (Lipinski definition) is 2. The second-order valence-electron chi connectivity index (χ2n) is 5.94.